The maximum Gasteiger partial charge on any atom is 0.276 e. The van der Waals surface area contributed by atoms with Crippen LogP contribution in [0.2, 0.25) is 0 Å². The molecule has 158 valence electrons. The molecule has 0 unspecified atom stereocenters. The van der Waals surface area contributed by atoms with Crippen molar-refractivity contribution in [2.24, 2.45) is 0 Å². The number of aromatic nitrogens is 4. The van der Waals surface area contributed by atoms with Gasteiger partial charge in [-0.25, -0.2) is 18.7 Å². The topological polar surface area (TPSA) is 87.5 Å². The molecule has 2 N–H and O–H groups in total. The van der Waals surface area contributed by atoms with Gasteiger partial charge in [0.2, 0.25) is 0 Å². The number of pyridine rings is 1. The summed E-state index contributed by atoms with van der Waals surface area (Å²) in [5.74, 6) is -0.977. The van der Waals surface area contributed by atoms with Gasteiger partial charge in [0.15, 0.2) is 17.2 Å². The van der Waals surface area contributed by atoms with Crippen molar-refractivity contribution in [2.45, 2.75) is 0 Å². The lowest BCUT2D eigenvalue weighted by Crippen LogP contribution is -2.36. The molecule has 4 aromatic rings. The van der Waals surface area contributed by atoms with Crippen molar-refractivity contribution in [2.75, 3.05) is 36.5 Å². The van der Waals surface area contributed by atoms with Crippen molar-refractivity contribution < 1.29 is 13.5 Å². The molecule has 1 saturated heterocycles. The monoisotopic (exact) mass is 424 g/mol. The molecule has 0 spiro atoms. The molecule has 4 heterocycles. The Labute approximate surface area is 175 Å². The lowest BCUT2D eigenvalue weighted by molar-refractivity contribution is 0.122. The van der Waals surface area contributed by atoms with Gasteiger partial charge in [-0.15, -0.1) is 0 Å². The number of aromatic amines is 1. The van der Waals surface area contributed by atoms with Crippen LogP contribution in [0.4, 0.5) is 26.1 Å². The molecule has 5 rings (SSSR count). The first kappa shape index (κ1) is 19.2. The normalized spacial score (nSPS) is 14.2. The summed E-state index contributed by atoms with van der Waals surface area (Å²) < 4.78 is 35.5. The summed E-state index contributed by atoms with van der Waals surface area (Å²) in [7, 11) is 0. The Kier molecular flexibility index (Phi) is 4.83. The number of fused-ring (bicyclic) bond motifs is 1. The summed E-state index contributed by atoms with van der Waals surface area (Å²) in [5.41, 5.74) is 0.312. The number of benzene rings is 1. The third kappa shape index (κ3) is 3.50. The van der Waals surface area contributed by atoms with Gasteiger partial charge in [-0.1, -0.05) is 6.07 Å². The fourth-order valence-corrected chi connectivity index (χ4v) is 3.62. The van der Waals surface area contributed by atoms with Crippen molar-refractivity contribution in [3.05, 3.63) is 70.9 Å². The molecule has 0 bridgehead atoms. The maximum atomic E-state index is 14.4. The zero-order valence-electron chi connectivity index (χ0n) is 16.3. The largest absolute Gasteiger partial charge is 0.378 e. The van der Waals surface area contributed by atoms with Crippen LogP contribution >= 0.6 is 0 Å². The third-order valence-corrected chi connectivity index (χ3v) is 5.12. The average molecular weight is 424 g/mol. The van der Waals surface area contributed by atoms with Crippen LogP contribution in [0.1, 0.15) is 0 Å². The van der Waals surface area contributed by atoms with E-state index in [9.17, 15) is 13.6 Å². The van der Waals surface area contributed by atoms with Gasteiger partial charge in [0, 0.05) is 25.5 Å². The number of halogens is 2. The van der Waals surface area contributed by atoms with Crippen LogP contribution in [0.25, 0.3) is 16.9 Å². The van der Waals surface area contributed by atoms with Gasteiger partial charge < -0.3 is 19.9 Å². The van der Waals surface area contributed by atoms with Crippen molar-refractivity contribution in [3.63, 3.8) is 0 Å². The van der Waals surface area contributed by atoms with E-state index >= 15 is 0 Å². The molecule has 0 radical (unpaired) electrons. The van der Waals surface area contributed by atoms with Crippen LogP contribution in [0, 0.1) is 11.6 Å². The van der Waals surface area contributed by atoms with Gasteiger partial charge in [-0.2, -0.15) is 0 Å². The summed E-state index contributed by atoms with van der Waals surface area (Å²) in [6.07, 6.45) is 4.59. The van der Waals surface area contributed by atoms with Crippen LogP contribution in [-0.4, -0.2) is 45.7 Å². The van der Waals surface area contributed by atoms with E-state index in [4.69, 9.17) is 4.74 Å². The van der Waals surface area contributed by atoms with Gasteiger partial charge in [0.1, 0.15) is 17.5 Å². The maximum absolute atomic E-state index is 14.4. The van der Waals surface area contributed by atoms with Crippen LogP contribution in [0.15, 0.2) is 53.7 Å². The fourth-order valence-electron chi connectivity index (χ4n) is 3.62. The Balaban J connectivity index is 1.54. The standard InChI is InChI=1S/C21H18F2N6O2/c22-14-2-1-3-15(23)17(14)20-27-19(18-21(30)24-6-7-29(18)20)26-16-5-4-13(12-25-16)28-8-10-31-11-9-28/h1-7,12H,8-11H2,(H,24,30)(H,25,26). The third-order valence-electron chi connectivity index (χ3n) is 5.12. The number of ether oxygens (including phenoxy) is 1. The van der Waals surface area contributed by atoms with Gasteiger partial charge in [0.25, 0.3) is 5.56 Å². The lowest BCUT2D eigenvalue weighted by Gasteiger charge is -2.28. The smallest absolute Gasteiger partial charge is 0.276 e. The molecule has 0 aliphatic carbocycles. The predicted octanol–water partition coefficient (Wildman–Crippen LogP) is 2.94. The van der Waals surface area contributed by atoms with Gasteiger partial charge in [0.05, 0.1) is 30.7 Å². The van der Waals surface area contributed by atoms with Gasteiger partial charge in [-0.05, 0) is 24.3 Å². The van der Waals surface area contributed by atoms with Crippen LogP contribution in [-0.2, 0) is 4.74 Å². The van der Waals surface area contributed by atoms with E-state index < -0.39 is 17.2 Å². The minimum absolute atomic E-state index is 0.0239. The molecule has 0 atom stereocenters. The Bertz CT molecular complexity index is 1280. The molecular formula is C21H18F2N6O2. The Hall–Kier alpha value is -3.79. The molecule has 0 saturated carbocycles. The first-order valence-electron chi connectivity index (χ1n) is 9.72. The van der Waals surface area contributed by atoms with E-state index in [1.54, 1.807) is 12.3 Å². The number of hydrogen-bond acceptors (Lipinski definition) is 6. The molecule has 1 aliphatic heterocycles. The molecule has 1 aromatic carbocycles. The molecule has 1 aliphatic rings. The number of hydrogen-bond donors (Lipinski definition) is 2. The van der Waals surface area contributed by atoms with Crippen molar-refractivity contribution in [1.82, 2.24) is 19.4 Å². The summed E-state index contributed by atoms with van der Waals surface area (Å²) in [6, 6.07) is 7.23. The molecular weight excluding hydrogens is 406 g/mol. The highest BCUT2D eigenvalue weighted by atomic mass is 19.1. The summed E-state index contributed by atoms with van der Waals surface area (Å²) in [6.45, 7) is 2.90. The molecule has 1 fully saturated rings. The highest BCUT2D eigenvalue weighted by Gasteiger charge is 2.21. The number of rotatable bonds is 4. The minimum Gasteiger partial charge on any atom is -0.378 e. The molecule has 3 aromatic heterocycles. The number of nitrogens with zero attached hydrogens (tertiary/aromatic N) is 4. The summed E-state index contributed by atoms with van der Waals surface area (Å²) in [4.78, 5) is 25.9. The molecule has 31 heavy (non-hydrogen) atoms. The van der Waals surface area contributed by atoms with Crippen LogP contribution in [0.5, 0.6) is 0 Å². The molecule has 8 nitrogen and oxygen atoms in total. The number of morpholine rings is 1. The van der Waals surface area contributed by atoms with E-state index in [0.29, 0.717) is 19.0 Å². The van der Waals surface area contributed by atoms with E-state index in [2.05, 4.69) is 25.2 Å². The minimum atomic E-state index is -0.772. The van der Waals surface area contributed by atoms with Crippen molar-refractivity contribution >= 4 is 22.8 Å². The first-order chi connectivity index (χ1) is 15.1. The first-order valence-corrected chi connectivity index (χ1v) is 9.72. The van der Waals surface area contributed by atoms with E-state index in [1.165, 1.54) is 22.9 Å². The van der Waals surface area contributed by atoms with Crippen molar-refractivity contribution in [1.29, 1.82) is 0 Å². The zero-order chi connectivity index (χ0) is 21.4. The SMILES string of the molecule is O=c1[nH]ccn2c(-c3c(F)cccc3F)nc(Nc3ccc(N4CCOCC4)cn3)c12. The summed E-state index contributed by atoms with van der Waals surface area (Å²) in [5, 5.41) is 3.00. The number of H-pyrrole nitrogens is 1. The second-order valence-electron chi connectivity index (χ2n) is 7.01. The highest BCUT2D eigenvalue weighted by molar-refractivity contribution is 5.78. The Morgan fingerprint density at radius 2 is 1.87 bits per heavy atom. The highest BCUT2D eigenvalue weighted by Crippen LogP contribution is 2.29. The number of nitrogens with one attached hydrogen (secondary N) is 2. The quantitative estimate of drug-likeness (QED) is 0.524. The lowest BCUT2D eigenvalue weighted by atomic mass is 10.2. The van der Waals surface area contributed by atoms with Crippen LogP contribution in [0.3, 0.4) is 0 Å². The van der Waals surface area contributed by atoms with Crippen molar-refractivity contribution in [3.8, 4) is 11.4 Å². The van der Waals surface area contributed by atoms with E-state index in [1.807, 2.05) is 6.07 Å². The molecule has 10 heteroatoms. The number of anilines is 3. The second kappa shape index (κ2) is 7.80. The second-order valence-corrected chi connectivity index (χ2v) is 7.01. The van der Waals surface area contributed by atoms with E-state index in [-0.39, 0.29) is 22.7 Å². The van der Waals surface area contributed by atoms with Gasteiger partial charge in [-0.3, -0.25) is 9.20 Å². The predicted molar refractivity (Wildman–Crippen MR) is 112 cm³/mol. The average Bonchev–Trinajstić information content (AvgIpc) is 3.14. The zero-order valence-corrected chi connectivity index (χ0v) is 16.3. The van der Waals surface area contributed by atoms with Gasteiger partial charge >= 0.3 is 0 Å². The number of imidazole rings is 1. The Morgan fingerprint density at radius 3 is 2.58 bits per heavy atom. The summed E-state index contributed by atoms with van der Waals surface area (Å²) >= 11 is 0. The molecule has 0 amide bonds. The fraction of sp³-hybridized carbons (Fsp3) is 0.190. The Morgan fingerprint density at radius 1 is 1.10 bits per heavy atom. The van der Waals surface area contributed by atoms with Crippen LogP contribution < -0.4 is 15.8 Å². The van der Waals surface area contributed by atoms with E-state index in [0.717, 1.165) is 30.9 Å².